The Hall–Kier alpha value is -2.13. The third-order valence-corrected chi connectivity index (χ3v) is 2.70. The molecule has 2 amide bonds. The van der Waals surface area contributed by atoms with Crippen molar-refractivity contribution in [1.82, 2.24) is 10.6 Å². The minimum Gasteiger partial charge on any atom is -0.467 e. The van der Waals surface area contributed by atoms with Gasteiger partial charge in [-0.1, -0.05) is 0 Å². The topological polar surface area (TPSA) is 102 Å². The molecule has 0 aliphatic carbocycles. The lowest BCUT2D eigenvalue weighted by Crippen LogP contribution is -2.47. The smallest absolute Gasteiger partial charge is 0.467 e. The monoisotopic (exact) mass is 340 g/mol. The van der Waals surface area contributed by atoms with Gasteiger partial charge in [0, 0.05) is 6.54 Å². The van der Waals surface area contributed by atoms with Crippen LogP contribution in [0.25, 0.3) is 0 Å². The number of carbonyl (C=O) groups excluding carboxylic acids is 4. The van der Waals surface area contributed by atoms with Crippen LogP contribution in [-0.2, 0) is 23.9 Å². The number of ketones is 1. The molecule has 0 aromatic rings. The molecule has 23 heavy (non-hydrogen) atoms. The zero-order valence-corrected chi connectivity index (χ0v) is 12.8. The van der Waals surface area contributed by atoms with E-state index in [1.54, 1.807) is 5.32 Å². The number of alkyl halides is 3. The van der Waals surface area contributed by atoms with Gasteiger partial charge in [-0.3, -0.25) is 14.4 Å². The van der Waals surface area contributed by atoms with Gasteiger partial charge in [0.15, 0.2) is 0 Å². The van der Waals surface area contributed by atoms with Crippen molar-refractivity contribution in [3.05, 3.63) is 0 Å². The lowest BCUT2D eigenvalue weighted by Gasteiger charge is -2.17. The molecule has 0 spiro atoms. The van der Waals surface area contributed by atoms with Crippen LogP contribution in [0.15, 0.2) is 0 Å². The van der Waals surface area contributed by atoms with E-state index in [2.05, 4.69) is 10.1 Å². The van der Waals surface area contributed by atoms with Gasteiger partial charge in [-0.15, -0.1) is 0 Å². The van der Waals surface area contributed by atoms with Gasteiger partial charge in [0.2, 0.25) is 5.91 Å². The molecule has 1 atom stereocenters. The molecule has 0 aliphatic rings. The van der Waals surface area contributed by atoms with Crippen LogP contribution in [0.3, 0.4) is 0 Å². The predicted molar refractivity (Wildman–Crippen MR) is 72.2 cm³/mol. The Kier molecular flexibility index (Phi) is 8.89. The van der Waals surface area contributed by atoms with E-state index in [1.807, 2.05) is 0 Å². The Morgan fingerprint density at radius 2 is 1.74 bits per heavy atom. The third-order valence-electron chi connectivity index (χ3n) is 2.70. The molecular weight excluding hydrogens is 321 g/mol. The van der Waals surface area contributed by atoms with Gasteiger partial charge in [0.05, 0.1) is 13.5 Å². The molecule has 0 fully saturated rings. The van der Waals surface area contributed by atoms with Crippen molar-refractivity contribution in [2.24, 2.45) is 0 Å². The molecular formula is C13H19F3N2O5. The summed E-state index contributed by atoms with van der Waals surface area (Å²) in [5.74, 6) is -3.94. The highest BCUT2D eigenvalue weighted by Crippen LogP contribution is 2.15. The van der Waals surface area contributed by atoms with E-state index in [4.69, 9.17) is 0 Å². The Morgan fingerprint density at radius 1 is 1.13 bits per heavy atom. The van der Waals surface area contributed by atoms with E-state index in [-0.39, 0.29) is 31.6 Å². The van der Waals surface area contributed by atoms with E-state index in [0.29, 0.717) is 6.42 Å². The lowest BCUT2D eigenvalue weighted by atomic mass is 10.1. The Bertz CT molecular complexity index is 451. The van der Waals surface area contributed by atoms with Crippen LogP contribution < -0.4 is 10.6 Å². The summed E-state index contributed by atoms with van der Waals surface area (Å²) in [5, 5.41) is 4.02. The van der Waals surface area contributed by atoms with E-state index in [0.717, 1.165) is 7.11 Å². The first kappa shape index (κ1) is 20.9. The maximum Gasteiger partial charge on any atom is 0.471 e. The van der Waals surface area contributed by atoms with Crippen molar-refractivity contribution in [1.29, 1.82) is 0 Å². The molecule has 0 saturated carbocycles. The number of halogens is 3. The predicted octanol–water partition coefficient (Wildman–Crippen LogP) is 0.472. The van der Waals surface area contributed by atoms with E-state index >= 15 is 0 Å². The van der Waals surface area contributed by atoms with Crippen LogP contribution in [-0.4, -0.2) is 49.4 Å². The molecule has 10 heteroatoms. The van der Waals surface area contributed by atoms with Gasteiger partial charge in [0.1, 0.15) is 11.8 Å². The Labute approximate surface area is 130 Å². The molecule has 1 unspecified atom stereocenters. The maximum absolute atomic E-state index is 12.2. The Morgan fingerprint density at radius 3 is 2.22 bits per heavy atom. The second-order valence-electron chi connectivity index (χ2n) is 4.77. The molecule has 0 bridgehead atoms. The van der Waals surface area contributed by atoms with Gasteiger partial charge in [0.25, 0.3) is 0 Å². The first-order valence-corrected chi connectivity index (χ1v) is 6.79. The van der Waals surface area contributed by atoms with Crippen molar-refractivity contribution in [3.63, 3.8) is 0 Å². The van der Waals surface area contributed by atoms with Crippen molar-refractivity contribution >= 4 is 23.6 Å². The van der Waals surface area contributed by atoms with Crippen LogP contribution in [0, 0.1) is 0 Å². The zero-order valence-electron chi connectivity index (χ0n) is 12.8. The summed E-state index contributed by atoms with van der Waals surface area (Å²) in [6.07, 6.45) is -4.78. The van der Waals surface area contributed by atoms with Crippen molar-refractivity contribution in [2.45, 2.75) is 44.8 Å². The molecule has 0 rings (SSSR count). The molecule has 0 heterocycles. The fraction of sp³-hybridized carbons (Fsp3) is 0.692. The molecule has 7 nitrogen and oxygen atoms in total. The summed E-state index contributed by atoms with van der Waals surface area (Å²) in [6, 6.07) is -1.41. The molecule has 0 radical (unpaired) electrons. The number of ether oxygens (including phenoxy) is 1. The normalized spacial score (nSPS) is 12.2. The average molecular weight is 340 g/mol. The minimum atomic E-state index is -5.09. The lowest BCUT2D eigenvalue weighted by molar-refractivity contribution is -0.175. The second-order valence-corrected chi connectivity index (χ2v) is 4.77. The number of hydrogen-bond acceptors (Lipinski definition) is 5. The highest BCUT2D eigenvalue weighted by molar-refractivity contribution is 5.96. The van der Waals surface area contributed by atoms with Crippen molar-refractivity contribution in [2.75, 3.05) is 13.7 Å². The minimum absolute atomic E-state index is 0.0723. The molecule has 0 saturated heterocycles. The molecule has 132 valence electrons. The fourth-order valence-corrected chi connectivity index (χ4v) is 1.62. The fourth-order valence-electron chi connectivity index (χ4n) is 1.62. The SMILES string of the molecule is COC(=O)C(CCCCNC(=O)CC(C)=O)NC(=O)C(F)(F)F. The summed E-state index contributed by atoms with van der Waals surface area (Å²) in [7, 11) is 0.997. The number of methoxy groups -OCH3 is 1. The third kappa shape index (κ3) is 9.48. The largest absolute Gasteiger partial charge is 0.471 e. The van der Waals surface area contributed by atoms with Crippen molar-refractivity contribution in [3.8, 4) is 0 Å². The number of Topliss-reactive ketones (excluding diaryl/α,β-unsaturated/α-hetero) is 1. The Balaban J connectivity index is 4.22. The summed E-state index contributed by atoms with van der Waals surface area (Å²) in [5.41, 5.74) is 0. The number of esters is 1. The van der Waals surface area contributed by atoms with Crippen LogP contribution >= 0.6 is 0 Å². The van der Waals surface area contributed by atoms with E-state index < -0.39 is 30.0 Å². The van der Waals surface area contributed by atoms with E-state index in [9.17, 15) is 32.3 Å². The van der Waals surface area contributed by atoms with Crippen LogP contribution in [0.2, 0.25) is 0 Å². The number of amides is 2. The van der Waals surface area contributed by atoms with Gasteiger partial charge < -0.3 is 15.4 Å². The molecule has 0 aliphatic heterocycles. The molecule has 0 aromatic carbocycles. The van der Waals surface area contributed by atoms with Crippen LogP contribution in [0.4, 0.5) is 13.2 Å². The molecule has 2 N–H and O–H groups in total. The second kappa shape index (κ2) is 9.80. The van der Waals surface area contributed by atoms with E-state index in [1.165, 1.54) is 6.92 Å². The maximum atomic E-state index is 12.2. The first-order chi connectivity index (χ1) is 10.6. The zero-order chi connectivity index (χ0) is 18.0. The van der Waals surface area contributed by atoms with Gasteiger partial charge in [-0.25, -0.2) is 4.79 Å². The number of hydrogen-bond donors (Lipinski definition) is 2. The quantitative estimate of drug-likeness (QED) is 0.361. The first-order valence-electron chi connectivity index (χ1n) is 6.79. The summed E-state index contributed by atoms with van der Waals surface area (Å²) in [4.78, 5) is 44.1. The standard InChI is InChI=1S/C13H19F3N2O5/c1-8(19)7-10(20)17-6-4-3-5-9(11(21)23-2)18-12(22)13(14,15)16/h9H,3-7H2,1-2H3,(H,17,20)(H,18,22). The molecule has 0 aromatic heterocycles. The van der Waals surface area contributed by atoms with Crippen LogP contribution in [0.1, 0.15) is 32.6 Å². The number of rotatable bonds is 9. The summed E-state index contributed by atoms with van der Waals surface area (Å²) in [6.45, 7) is 1.47. The van der Waals surface area contributed by atoms with Gasteiger partial charge in [-0.05, 0) is 26.2 Å². The number of carbonyl (C=O) groups is 4. The number of unbranched alkanes of at least 4 members (excludes halogenated alkanes) is 1. The highest BCUT2D eigenvalue weighted by Gasteiger charge is 2.40. The highest BCUT2D eigenvalue weighted by atomic mass is 19.4. The number of nitrogens with one attached hydrogen (secondary N) is 2. The average Bonchev–Trinajstić information content (AvgIpc) is 2.42. The summed E-state index contributed by atoms with van der Waals surface area (Å²) >= 11 is 0. The summed E-state index contributed by atoms with van der Waals surface area (Å²) < 4.78 is 40.9. The van der Waals surface area contributed by atoms with Gasteiger partial charge >= 0.3 is 18.1 Å². The van der Waals surface area contributed by atoms with Crippen LogP contribution in [0.5, 0.6) is 0 Å². The van der Waals surface area contributed by atoms with Crippen molar-refractivity contribution < 1.29 is 37.1 Å². The van der Waals surface area contributed by atoms with Gasteiger partial charge in [-0.2, -0.15) is 13.2 Å².